The number of benzene rings is 3. The molecule has 2 fully saturated rings. The number of rotatable bonds is 9. The summed E-state index contributed by atoms with van der Waals surface area (Å²) in [5.74, 6) is 3.25. The van der Waals surface area contributed by atoms with Gasteiger partial charge in [-0.05, 0) is 73.2 Å². The second kappa shape index (κ2) is 10.9. The summed E-state index contributed by atoms with van der Waals surface area (Å²) < 4.78 is 23.1. The molecule has 0 radical (unpaired) electrons. The van der Waals surface area contributed by atoms with Gasteiger partial charge in [0.25, 0.3) is 0 Å². The van der Waals surface area contributed by atoms with E-state index in [9.17, 15) is 4.79 Å². The second-order valence-corrected chi connectivity index (χ2v) is 9.48. The second-order valence-electron chi connectivity index (χ2n) is 9.48. The molecule has 1 aliphatic carbocycles. The van der Waals surface area contributed by atoms with E-state index in [0.29, 0.717) is 19.6 Å². The number of hydrogen-bond donors (Lipinski definition) is 0. The molecular formula is C30H33NO5. The zero-order valence-electron chi connectivity index (χ0n) is 20.9. The van der Waals surface area contributed by atoms with Gasteiger partial charge in [0.2, 0.25) is 5.91 Å². The first kappa shape index (κ1) is 24.0. The van der Waals surface area contributed by atoms with Crippen LogP contribution >= 0.6 is 0 Å². The number of carbonyl (C=O) groups is 1. The van der Waals surface area contributed by atoms with E-state index in [0.717, 1.165) is 52.7 Å². The molecule has 1 amide bonds. The number of ether oxygens (including phenoxy) is 4. The molecule has 1 saturated heterocycles. The number of hydrogen-bond acceptors (Lipinski definition) is 5. The van der Waals surface area contributed by atoms with Crippen LogP contribution in [-0.4, -0.2) is 32.8 Å². The van der Waals surface area contributed by atoms with Crippen LogP contribution in [0.1, 0.15) is 49.1 Å². The third kappa shape index (κ3) is 5.43. The van der Waals surface area contributed by atoms with Gasteiger partial charge in [-0.1, -0.05) is 24.3 Å². The first-order chi connectivity index (χ1) is 17.6. The van der Waals surface area contributed by atoms with E-state index in [1.54, 1.807) is 14.2 Å². The maximum atomic E-state index is 13.0. The Morgan fingerprint density at radius 3 is 2.47 bits per heavy atom. The van der Waals surface area contributed by atoms with Gasteiger partial charge in [0.15, 0.2) is 11.5 Å². The van der Waals surface area contributed by atoms with Gasteiger partial charge >= 0.3 is 0 Å². The highest BCUT2D eigenvalue weighted by molar-refractivity contribution is 5.96. The van der Waals surface area contributed by atoms with Crippen molar-refractivity contribution < 1.29 is 23.7 Å². The molecule has 1 atom stereocenters. The fourth-order valence-corrected chi connectivity index (χ4v) is 5.08. The average Bonchev–Trinajstić information content (AvgIpc) is 3.57. The van der Waals surface area contributed by atoms with Crippen molar-refractivity contribution in [3.05, 3.63) is 77.9 Å². The van der Waals surface area contributed by atoms with Crippen LogP contribution in [0, 0.1) is 0 Å². The highest BCUT2D eigenvalue weighted by Gasteiger charge is 2.32. The molecule has 36 heavy (non-hydrogen) atoms. The van der Waals surface area contributed by atoms with Crippen molar-refractivity contribution in [3.63, 3.8) is 0 Å². The number of amides is 1. The molecule has 5 rings (SSSR count). The van der Waals surface area contributed by atoms with Crippen molar-refractivity contribution in [1.29, 1.82) is 0 Å². The van der Waals surface area contributed by atoms with Crippen molar-refractivity contribution in [1.82, 2.24) is 0 Å². The van der Waals surface area contributed by atoms with E-state index in [1.807, 2.05) is 59.5 Å². The minimum atomic E-state index is 0.0932. The van der Waals surface area contributed by atoms with Crippen LogP contribution < -0.4 is 23.8 Å². The Hall–Kier alpha value is -3.67. The fraction of sp³-hybridized carbons (Fsp3) is 0.367. The summed E-state index contributed by atoms with van der Waals surface area (Å²) in [5, 5.41) is 0. The van der Waals surface area contributed by atoms with Crippen LogP contribution in [0.2, 0.25) is 0 Å². The first-order valence-corrected chi connectivity index (χ1v) is 12.6. The normalized spacial score (nSPS) is 17.9. The molecule has 0 unspecified atom stereocenters. The lowest BCUT2D eigenvalue weighted by atomic mass is 9.98. The van der Waals surface area contributed by atoms with Gasteiger partial charge in [0, 0.05) is 30.6 Å². The number of nitrogens with zero attached hydrogens (tertiary/aromatic N) is 1. The van der Waals surface area contributed by atoms with Gasteiger partial charge in [-0.25, -0.2) is 0 Å². The lowest BCUT2D eigenvalue weighted by Gasteiger charge is -2.20. The van der Waals surface area contributed by atoms with Crippen molar-refractivity contribution >= 4 is 11.6 Å². The minimum Gasteiger partial charge on any atom is -0.497 e. The van der Waals surface area contributed by atoms with Crippen LogP contribution in [0.15, 0.2) is 66.7 Å². The SMILES string of the molecule is COc1cccc(COc2cccc(N3C[C@H](c4ccc(OC)c(OC5CCCC5)c4)CC3=O)c2)c1. The first-order valence-electron chi connectivity index (χ1n) is 12.6. The lowest BCUT2D eigenvalue weighted by Crippen LogP contribution is -2.24. The molecule has 6 nitrogen and oxygen atoms in total. The van der Waals surface area contributed by atoms with E-state index in [4.69, 9.17) is 18.9 Å². The Kier molecular flexibility index (Phi) is 7.31. The van der Waals surface area contributed by atoms with Crippen LogP contribution in [0.4, 0.5) is 5.69 Å². The van der Waals surface area contributed by atoms with Gasteiger partial charge in [-0.2, -0.15) is 0 Å². The number of carbonyl (C=O) groups excluding carboxylic acids is 1. The molecule has 2 aliphatic rings. The molecule has 0 aromatic heterocycles. The van der Waals surface area contributed by atoms with E-state index in [2.05, 4.69) is 12.1 Å². The maximum Gasteiger partial charge on any atom is 0.227 e. The molecule has 1 aliphatic heterocycles. The summed E-state index contributed by atoms with van der Waals surface area (Å²) in [4.78, 5) is 14.9. The number of methoxy groups -OCH3 is 2. The van der Waals surface area contributed by atoms with E-state index in [1.165, 1.54) is 12.8 Å². The Morgan fingerprint density at radius 2 is 1.67 bits per heavy atom. The predicted octanol–water partition coefficient (Wildman–Crippen LogP) is 6.12. The summed E-state index contributed by atoms with van der Waals surface area (Å²) in [5.41, 5.74) is 2.97. The van der Waals surface area contributed by atoms with Crippen molar-refractivity contribution in [2.45, 2.75) is 50.7 Å². The van der Waals surface area contributed by atoms with Gasteiger partial charge < -0.3 is 23.8 Å². The Morgan fingerprint density at radius 1 is 0.861 bits per heavy atom. The highest BCUT2D eigenvalue weighted by atomic mass is 16.5. The smallest absolute Gasteiger partial charge is 0.227 e. The molecule has 1 heterocycles. The third-order valence-electron chi connectivity index (χ3n) is 7.05. The van der Waals surface area contributed by atoms with E-state index < -0.39 is 0 Å². The summed E-state index contributed by atoms with van der Waals surface area (Å²) in [6.07, 6.45) is 5.29. The Labute approximate surface area is 212 Å². The summed E-state index contributed by atoms with van der Waals surface area (Å²) >= 11 is 0. The Balaban J connectivity index is 1.28. The molecule has 0 spiro atoms. The molecule has 188 valence electrons. The highest BCUT2D eigenvalue weighted by Crippen LogP contribution is 2.38. The topological polar surface area (TPSA) is 57.2 Å². The van der Waals surface area contributed by atoms with Gasteiger partial charge in [-0.3, -0.25) is 4.79 Å². The van der Waals surface area contributed by atoms with Gasteiger partial charge in [-0.15, -0.1) is 0 Å². The molecule has 6 heteroatoms. The van der Waals surface area contributed by atoms with Crippen LogP contribution in [0.25, 0.3) is 0 Å². The summed E-state index contributed by atoms with van der Waals surface area (Å²) in [6, 6.07) is 21.6. The van der Waals surface area contributed by atoms with Gasteiger partial charge in [0.1, 0.15) is 18.1 Å². The predicted molar refractivity (Wildman–Crippen MR) is 139 cm³/mol. The fourth-order valence-electron chi connectivity index (χ4n) is 5.08. The largest absolute Gasteiger partial charge is 0.497 e. The lowest BCUT2D eigenvalue weighted by molar-refractivity contribution is -0.117. The molecule has 0 N–H and O–H groups in total. The zero-order chi connectivity index (χ0) is 24.9. The summed E-state index contributed by atoms with van der Waals surface area (Å²) in [6.45, 7) is 1.04. The molecule has 3 aromatic carbocycles. The molecule has 0 bridgehead atoms. The molecular weight excluding hydrogens is 454 g/mol. The van der Waals surface area contributed by atoms with Crippen LogP contribution in [-0.2, 0) is 11.4 Å². The van der Waals surface area contributed by atoms with Crippen molar-refractivity contribution in [2.75, 3.05) is 25.7 Å². The maximum absolute atomic E-state index is 13.0. The minimum absolute atomic E-state index is 0.0932. The van der Waals surface area contributed by atoms with E-state index in [-0.39, 0.29) is 17.9 Å². The molecule has 3 aromatic rings. The standard InChI is InChI=1S/C30H33NO5/c1-33-26-11-5-7-21(15-26)20-35-27-12-6-8-24(18-27)31-19-23(17-30(31)32)22-13-14-28(34-2)29(16-22)36-25-9-3-4-10-25/h5-8,11-16,18,23,25H,3-4,9-10,17,19-20H2,1-2H3/t23-/m1/s1. The van der Waals surface area contributed by atoms with Crippen LogP contribution in [0.3, 0.4) is 0 Å². The van der Waals surface area contributed by atoms with Crippen LogP contribution in [0.5, 0.6) is 23.0 Å². The van der Waals surface area contributed by atoms with Crippen molar-refractivity contribution in [2.24, 2.45) is 0 Å². The van der Waals surface area contributed by atoms with Gasteiger partial charge in [0.05, 0.1) is 20.3 Å². The van der Waals surface area contributed by atoms with Crippen molar-refractivity contribution in [3.8, 4) is 23.0 Å². The third-order valence-corrected chi connectivity index (χ3v) is 7.05. The monoisotopic (exact) mass is 487 g/mol. The molecule has 1 saturated carbocycles. The van der Waals surface area contributed by atoms with E-state index >= 15 is 0 Å². The Bertz CT molecular complexity index is 1200. The number of anilines is 1. The average molecular weight is 488 g/mol. The zero-order valence-corrected chi connectivity index (χ0v) is 20.9. The summed E-state index contributed by atoms with van der Waals surface area (Å²) in [7, 11) is 3.32. The quantitative estimate of drug-likeness (QED) is 0.364.